The molecule has 6 nitrogen and oxygen atoms in total. The van der Waals surface area contributed by atoms with Crippen LogP contribution >= 0.6 is 34.7 Å². The van der Waals surface area contributed by atoms with Crippen LogP contribution in [0.3, 0.4) is 0 Å². The number of amides is 1. The van der Waals surface area contributed by atoms with E-state index in [2.05, 4.69) is 33.7 Å². The van der Waals surface area contributed by atoms with E-state index in [0.717, 1.165) is 22.3 Å². The topological polar surface area (TPSA) is 76.9 Å². The maximum absolute atomic E-state index is 12.6. The Morgan fingerprint density at radius 1 is 1.10 bits per heavy atom. The lowest BCUT2D eigenvalue weighted by molar-refractivity contribution is -0.118. The lowest BCUT2D eigenvalue weighted by Crippen LogP contribution is -2.23. The van der Waals surface area contributed by atoms with Crippen LogP contribution in [0, 0.1) is 0 Å². The maximum Gasteiger partial charge on any atom is 0.216 e. The van der Waals surface area contributed by atoms with Crippen LogP contribution in [-0.2, 0) is 11.2 Å². The van der Waals surface area contributed by atoms with Gasteiger partial charge in [0.1, 0.15) is 5.82 Å². The van der Waals surface area contributed by atoms with Gasteiger partial charge in [-0.25, -0.2) is 0 Å². The molecule has 2 heterocycles. The third kappa shape index (κ3) is 4.98. The molecular formula is C22H19ClN4O2S2. The minimum atomic E-state index is -0.0916. The predicted molar refractivity (Wildman–Crippen MR) is 126 cm³/mol. The summed E-state index contributed by atoms with van der Waals surface area (Å²) in [6.45, 7) is 1.94. The fourth-order valence-corrected chi connectivity index (χ4v) is 5.14. The predicted octanol–water partition coefficient (Wildman–Crippen LogP) is 4.79. The first-order valence-electron chi connectivity index (χ1n) is 9.61. The number of Topliss-reactive ketones (excluding diaryl/α,β-unsaturated/α-hetero) is 1. The Morgan fingerprint density at radius 2 is 1.90 bits per heavy atom. The van der Waals surface area contributed by atoms with E-state index < -0.39 is 0 Å². The number of hydrogen-bond donors (Lipinski definition) is 1. The van der Waals surface area contributed by atoms with Gasteiger partial charge in [0, 0.05) is 25.3 Å². The number of thiophene rings is 1. The smallest absolute Gasteiger partial charge is 0.216 e. The summed E-state index contributed by atoms with van der Waals surface area (Å²) >= 11 is 8.57. The highest BCUT2D eigenvalue weighted by Gasteiger charge is 2.18. The van der Waals surface area contributed by atoms with Gasteiger partial charge in [-0.05, 0) is 23.6 Å². The third-order valence-electron chi connectivity index (χ3n) is 4.61. The Kier molecular flexibility index (Phi) is 6.70. The summed E-state index contributed by atoms with van der Waals surface area (Å²) in [7, 11) is 0. The largest absolute Gasteiger partial charge is 0.356 e. The Hall–Kier alpha value is -2.68. The second-order valence-electron chi connectivity index (χ2n) is 6.78. The number of carbonyl (C=O) groups is 2. The zero-order valence-corrected chi connectivity index (χ0v) is 19.1. The van der Waals surface area contributed by atoms with Gasteiger partial charge in [-0.15, -0.1) is 21.5 Å². The molecule has 0 fully saturated rings. The molecule has 9 heteroatoms. The van der Waals surface area contributed by atoms with E-state index >= 15 is 0 Å². The summed E-state index contributed by atoms with van der Waals surface area (Å²) < 4.78 is 2.57. The van der Waals surface area contributed by atoms with E-state index in [1.807, 2.05) is 28.8 Å². The molecule has 1 amide bonds. The summed E-state index contributed by atoms with van der Waals surface area (Å²) in [6, 6.07) is 17.6. The Labute approximate surface area is 192 Å². The van der Waals surface area contributed by atoms with E-state index in [-0.39, 0.29) is 17.4 Å². The second kappa shape index (κ2) is 9.64. The lowest BCUT2D eigenvalue weighted by atomic mass is 10.1. The fourth-order valence-electron chi connectivity index (χ4n) is 3.22. The van der Waals surface area contributed by atoms with Crippen LogP contribution in [0.15, 0.2) is 59.8 Å². The van der Waals surface area contributed by atoms with Crippen LogP contribution in [0.1, 0.15) is 22.4 Å². The van der Waals surface area contributed by atoms with Crippen molar-refractivity contribution in [3.8, 4) is 5.69 Å². The quantitative estimate of drug-likeness (QED) is 0.296. The Bertz CT molecular complexity index is 1250. The fraction of sp³-hybridized carbons (Fsp3) is 0.182. The first kappa shape index (κ1) is 21.5. The number of fused-ring (bicyclic) bond motifs is 1. The van der Waals surface area contributed by atoms with Gasteiger partial charge in [-0.2, -0.15) is 0 Å². The van der Waals surface area contributed by atoms with E-state index in [1.54, 1.807) is 12.1 Å². The molecule has 2 aromatic heterocycles. The van der Waals surface area contributed by atoms with Gasteiger partial charge in [-0.1, -0.05) is 59.8 Å². The van der Waals surface area contributed by atoms with Crippen molar-refractivity contribution in [3.05, 3.63) is 69.6 Å². The van der Waals surface area contributed by atoms with Crippen LogP contribution in [0.5, 0.6) is 0 Å². The molecular weight excluding hydrogens is 452 g/mol. The van der Waals surface area contributed by atoms with Gasteiger partial charge in [0.25, 0.3) is 0 Å². The van der Waals surface area contributed by atoms with Crippen LogP contribution < -0.4 is 5.32 Å². The van der Waals surface area contributed by atoms with Crippen molar-refractivity contribution in [2.24, 2.45) is 0 Å². The number of carbonyl (C=O) groups excluding carboxylic acids is 2. The summed E-state index contributed by atoms with van der Waals surface area (Å²) in [4.78, 5) is 24.5. The highest BCUT2D eigenvalue weighted by Crippen LogP contribution is 2.29. The van der Waals surface area contributed by atoms with Crippen molar-refractivity contribution in [2.75, 3.05) is 12.3 Å². The molecule has 0 atom stereocenters. The van der Waals surface area contributed by atoms with E-state index in [4.69, 9.17) is 11.6 Å². The summed E-state index contributed by atoms with van der Waals surface area (Å²) in [5, 5.41) is 14.3. The highest BCUT2D eigenvalue weighted by atomic mass is 35.5. The Balaban J connectivity index is 1.67. The number of nitrogens with zero attached hydrogens (tertiary/aromatic N) is 3. The molecule has 4 rings (SSSR count). The van der Waals surface area contributed by atoms with Crippen LogP contribution in [0.4, 0.5) is 0 Å². The van der Waals surface area contributed by atoms with Crippen molar-refractivity contribution in [1.29, 1.82) is 0 Å². The van der Waals surface area contributed by atoms with Crippen LogP contribution in [-0.4, -0.2) is 38.8 Å². The normalized spacial score (nSPS) is 11.0. The van der Waals surface area contributed by atoms with Gasteiger partial charge in [0.05, 0.1) is 20.7 Å². The van der Waals surface area contributed by atoms with Gasteiger partial charge in [0.2, 0.25) is 5.91 Å². The van der Waals surface area contributed by atoms with Crippen molar-refractivity contribution in [1.82, 2.24) is 20.1 Å². The standard InChI is InChI=1S/C22H19ClN4O2S2/c1-14(28)24-12-11-21-25-26-22(30-13-18(29)19-9-10-20(23)31-19)27(21)17-8-4-6-15-5-2-3-7-16(15)17/h2-10H,11-13H2,1H3,(H,24,28). The first-order chi connectivity index (χ1) is 15.0. The zero-order valence-electron chi connectivity index (χ0n) is 16.7. The number of nitrogens with one attached hydrogen (secondary N) is 1. The molecule has 0 saturated heterocycles. The molecule has 0 aliphatic heterocycles. The summed E-state index contributed by atoms with van der Waals surface area (Å²) in [5.74, 6) is 0.852. The molecule has 0 unspecified atom stereocenters. The second-order valence-corrected chi connectivity index (χ2v) is 9.44. The zero-order chi connectivity index (χ0) is 21.8. The molecule has 0 saturated carbocycles. The van der Waals surface area contributed by atoms with Gasteiger partial charge in [0.15, 0.2) is 10.9 Å². The molecule has 31 heavy (non-hydrogen) atoms. The van der Waals surface area contributed by atoms with E-state index in [0.29, 0.717) is 27.3 Å². The number of benzene rings is 2. The average Bonchev–Trinajstić information content (AvgIpc) is 3.37. The van der Waals surface area contributed by atoms with Crippen molar-refractivity contribution < 1.29 is 9.59 Å². The minimum absolute atomic E-state index is 0.00540. The molecule has 1 N–H and O–H groups in total. The molecule has 0 bridgehead atoms. The molecule has 0 aliphatic rings. The van der Waals surface area contributed by atoms with Crippen molar-refractivity contribution >= 4 is 57.2 Å². The number of halogens is 1. The summed E-state index contributed by atoms with van der Waals surface area (Å²) in [6.07, 6.45) is 0.519. The number of aromatic nitrogens is 3. The van der Waals surface area contributed by atoms with Gasteiger partial charge in [-0.3, -0.25) is 14.2 Å². The minimum Gasteiger partial charge on any atom is -0.356 e. The maximum atomic E-state index is 12.6. The highest BCUT2D eigenvalue weighted by molar-refractivity contribution is 7.99. The monoisotopic (exact) mass is 470 g/mol. The summed E-state index contributed by atoms with van der Waals surface area (Å²) in [5.41, 5.74) is 0.940. The molecule has 0 spiro atoms. The molecule has 0 radical (unpaired) electrons. The Morgan fingerprint density at radius 3 is 2.68 bits per heavy atom. The molecule has 4 aromatic rings. The number of thioether (sulfide) groups is 1. The van der Waals surface area contributed by atoms with Gasteiger partial charge >= 0.3 is 0 Å². The number of rotatable bonds is 8. The molecule has 158 valence electrons. The van der Waals surface area contributed by atoms with Crippen LogP contribution in [0.25, 0.3) is 16.5 Å². The van der Waals surface area contributed by atoms with Crippen molar-refractivity contribution in [2.45, 2.75) is 18.5 Å². The molecule has 0 aliphatic carbocycles. The van der Waals surface area contributed by atoms with E-state index in [1.165, 1.54) is 30.0 Å². The third-order valence-corrected chi connectivity index (χ3v) is 6.81. The lowest BCUT2D eigenvalue weighted by Gasteiger charge is -2.13. The average molecular weight is 471 g/mol. The number of ketones is 1. The number of hydrogen-bond acceptors (Lipinski definition) is 6. The molecule has 2 aromatic carbocycles. The SMILES string of the molecule is CC(=O)NCCc1nnc(SCC(=O)c2ccc(Cl)s2)n1-c1cccc2ccccc12. The first-order valence-corrected chi connectivity index (χ1v) is 11.8. The van der Waals surface area contributed by atoms with Gasteiger partial charge < -0.3 is 5.32 Å². The van der Waals surface area contributed by atoms with Crippen LogP contribution in [0.2, 0.25) is 4.34 Å². The van der Waals surface area contributed by atoms with E-state index in [9.17, 15) is 9.59 Å². The van der Waals surface area contributed by atoms with Crippen molar-refractivity contribution in [3.63, 3.8) is 0 Å².